The predicted octanol–water partition coefficient (Wildman–Crippen LogP) is 3.31. The molecule has 2 aromatic rings. The molecule has 2 fully saturated rings. The van der Waals surface area contributed by atoms with Crippen molar-refractivity contribution < 1.29 is 23.5 Å². The molecule has 1 aliphatic carbocycles. The van der Waals surface area contributed by atoms with Gasteiger partial charge < -0.3 is 19.9 Å². The molecule has 37 heavy (non-hydrogen) atoms. The molecule has 196 valence electrons. The van der Waals surface area contributed by atoms with Crippen LogP contribution in [0.1, 0.15) is 43.2 Å². The number of nitrogens with one attached hydrogen (secondary N) is 1. The molecule has 2 heterocycles. The summed E-state index contributed by atoms with van der Waals surface area (Å²) in [6.45, 7) is 2.20. The van der Waals surface area contributed by atoms with Crippen molar-refractivity contribution in [2.24, 2.45) is 11.8 Å². The average Bonchev–Trinajstić information content (AvgIpc) is 3.36. The van der Waals surface area contributed by atoms with Gasteiger partial charge in [0.15, 0.2) is 6.61 Å². The monoisotopic (exact) mass is 507 g/mol. The summed E-state index contributed by atoms with van der Waals surface area (Å²) in [4.78, 5) is 43.8. The van der Waals surface area contributed by atoms with Gasteiger partial charge in [0.1, 0.15) is 11.6 Å². The maximum atomic E-state index is 13.6. The minimum Gasteiger partial charge on any atom is -0.484 e. The summed E-state index contributed by atoms with van der Waals surface area (Å²) in [5.74, 6) is -0.924. The number of hydrogen-bond donors (Lipinski definition) is 1. The first-order valence-electron chi connectivity index (χ1n) is 13.3. The molecule has 1 saturated heterocycles. The van der Waals surface area contributed by atoms with Crippen LogP contribution < -0.4 is 10.1 Å². The van der Waals surface area contributed by atoms with Crippen LogP contribution in [0.5, 0.6) is 5.75 Å². The van der Waals surface area contributed by atoms with Crippen LogP contribution in [0.2, 0.25) is 0 Å². The van der Waals surface area contributed by atoms with Gasteiger partial charge in [-0.2, -0.15) is 0 Å². The maximum absolute atomic E-state index is 13.6. The quantitative estimate of drug-likeness (QED) is 0.689. The summed E-state index contributed by atoms with van der Waals surface area (Å²) in [6, 6.07) is 13.4. The first-order chi connectivity index (χ1) is 18.0. The topological polar surface area (TPSA) is 79.0 Å². The summed E-state index contributed by atoms with van der Waals surface area (Å²) in [7, 11) is 0. The second-order valence-corrected chi connectivity index (χ2v) is 10.3. The van der Waals surface area contributed by atoms with Crippen LogP contribution in [0.4, 0.5) is 4.39 Å². The summed E-state index contributed by atoms with van der Waals surface area (Å²) in [5, 5.41) is 3.03. The van der Waals surface area contributed by atoms with E-state index in [0.29, 0.717) is 44.8 Å². The van der Waals surface area contributed by atoms with E-state index in [-0.39, 0.29) is 42.1 Å². The molecule has 3 amide bonds. The van der Waals surface area contributed by atoms with Crippen molar-refractivity contribution in [2.45, 2.75) is 51.1 Å². The van der Waals surface area contributed by atoms with Gasteiger partial charge in [-0.1, -0.05) is 24.3 Å². The molecule has 0 radical (unpaired) electrons. The number of rotatable bonds is 4. The van der Waals surface area contributed by atoms with E-state index in [4.69, 9.17) is 4.74 Å². The van der Waals surface area contributed by atoms with Gasteiger partial charge in [0.05, 0.1) is 5.92 Å². The van der Waals surface area contributed by atoms with Crippen molar-refractivity contribution in [3.8, 4) is 5.75 Å². The van der Waals surface area contributed by atoms with Crippen LogP contribution in [-0.4, -0.2) is 59.8 Å². The highest BCUT2D eigenvalue weighted by Crippen LogP contribution is 2.37. The number of carbonyl (C=O) groups is 3. The molecule has 3 aliphatic rings. The molecular weight excluding hydrogens is 473 g/mol. The Hall–Kier alpha value is -3.42. The van der Waals surface area contributed by atoms with E-state index < -0.39 is 5.92 Å². The molecule has 0 bridgehead atoms. The Kier molecular flexibility index (Phi) is 7.72. The summed E-state index contributed by atoms with van der Waals surface area (Å²) < 4.78 is 18.9. The zero-order valence-corrected chi connectivity index (χ0v) is 21.0. The van der Waals surface area contributed by atoms with Gasteiger partial charge in [-0.3, -0.25) is 14.4 Å². The molecule has 1 N–H and O–H groups in total. The summed E-state index contributed by atoms with van der Waals surface area (Å²) in [6.07, 6.45) is 4.31. The van der Waals surface area contributed by atoms with E-state index >= 15 is 0 Å². The molecule has 8 heteroatoms. The number of benzene rings is 2. The van der Waals surface area contributed by atoms with Gasteiger partial charge in [0, 0.05) is 38.1 Å². The Balaban J connectivity index is 1.31. The van der Waals surface area contributed by atoms with E-state index in [1.165, 1.54) is 35.4 Å². The van der Waals surface area contributed by atoms with Crippen molar-refractivity contribution in [3.05, 3.63) is 65.5 Å². The van der Waals surface area contributed by atoms with E-state index in [2.05, 4.69) is 17.4 Å². The number of halogens is 1. The van der Waals surface area contributed by atoms with Crippen LogP contribution in [0.15, 0.2) is 48.5 Å². The predicted molar refractivity (Wildman–Crippen MR) is 136 cm³/mol. The lowest BCUT2D eigenvalue weighted by atomic mass is 9.97. The lowest BCUT2D eigenvalue weighted by molar-refractivity contribution is -0.139. The Labute approximate surface area is 217 Å². The average molecular weight is 508 g/mol. The van der Waals surface area contributed by atoms with Crippen LogP contribution >= 0.6 is 0 Å². The SMILES string of the molecule is O=C1NCCCCCN(C(=O)COc2ccc(F)cc2)C2CC(C(=O)N3CCc4ccccc4C3)CC12. The number of nitrogens with zero attached hydrogens (tertiary/aromatic N) is 2. The highest BCUT2D eigenvalue weighted by atomic mass is 19.1. The van der Waals surface area contributed by atoms with Crippen LogP contribution in [0, 0.1) is 17.7 Å². The molecular formula is C29H34FN3O4. The molecule has 0 spiro atoms. The van der Waals surface area contributed by atoms with Crippen molar-refractivity contribution in [3.63, 3.8) is 0 Å². The lowest BCUT2D eigenvalue weighted by Crippen LogP contribution is -2.49. The Bertz CT molecular complexity index is 1140. The van der Waals surface area contributed by atoms with E-state index in [1.807, 2.05) is 17.0 Å². The van der Waals surface area contributed by atoms with E-state index in [0.717, 1.165) is 25.7 Å². The van der Waals surface area contributed by atoms with Crippen molar-refractivity contribution in [1.82, 2.24) is 15.1 Å². The van der Waals surface area contributed by atoms with Crippen LogP contribution in [0.3, 0.4) is 0 Å². The summed E-state index contributed by atoms with van der Waals surface area (Å²) >= 11 is 0. The summed E-state index contributed by atoms with van der Waals surface area (Å²) in [5.41, 5.74) is 2.45. The number of ether oxygens (including phenoxy) is 1. The highest BCUT2D eigenvalue weighted by molar-refractivity contribution is 5.86. The van der Waals surface area contributed by atoms with Gasteiger partial charge in [-0.15, -0.1) is 0 Å². The molecule has 3 atom stereocenters. The molecule has 1 saturated carbocycles. The fourth-order valence-corrected chi connectivity index (χ4v) is 5.95. The van der Waals surface area contributed by atoms with E-state index in [1.54, 1.807) is 4.90 Å². The molecule has 0 aromatic heterocycles. The fourth-order valence-electron chi connectivity index (χ4n) is 5.95. The van der Waals surface area contributed by atoms with Gasteiger partial charge in [0.25, 0.3) is 5.91 Å². The van der Waals surface area contributed by atoms with Gasteiger partial charge in [-0.25, -0.2) is 4.39 Å². The van der Waals surface area contributed by atoms with Gasteiger partial charge in [0.2, 0.25) is 11.8 Å². The van der Waals surface area contributed by atoms with Gasteiger partial charge >= 0.3 is 0 Å². The zero-order chi connectivity index (χ0) is 25.8. The minimum absolute atomic E-state index is 0.0691. The number of hydrogen-bond acceptors (Lipinski definition) is 4. The normalized spacial score (nSPS) is 24.0. The van der Waals surface area contributed by atoms with E-state index in [9.17, 15) is 18.8 Å². The third kappa shape index (κ3) is 5.78. The van der Waals surface area contributed by atoms with Gasteiger partial charge in [-0.05, 0) is 73.9 Å². The number of amides is 3. The largest absolute Gasteiger partial charge is 0.484 e. The first-order valence-corrected chi connectivity index (χ1v) is 13.3. The van der Waals surface area contributed by atoms with Crippen molar-refractivity contribution in [1.29, 1.82) is 0 Å². The number of fused-ring (bicyclic) bond motifs is 2. The van der Waals surface area contributed by atoms with Crippen molar-refractivity contribution >= 4 is 17.7 Å². The Morgan fingerprint density at radius 3 is 2.57 bits per heavy atom. The lowest BCUT2D eigenvalue weighted by Gasteiger charge is -2.34. The molecule has 7 nitrogen and oxygen atoms in total. The smallest absolute Gasteiger partial charge is 0.260 e. The number of carbonyl (C=O) groups excluding carboxylic acids is 3. The van der Waals surface area contributed by atoms with Crippen molar-refractivity contribution in [2.75, 3.05) is 26.2 Å². The fraction of sp³-hybridized carbons (Fsp3) is 0.483. The molecule has 2 aliphatic heterocycles. The molecule has 2 aromatic carbocycles. The zero-order valence-electron chi connectivity index (χ0n) is 21.0. The minimum atomic E-state index is -0.432. The third-order valence-electron chi connectivity index (χ3n) is 7.93. The molecule has 3 unspecified atom stereocenters. The van der Waals surface area contributed by atoms with Crippen LogP contribution in [0.25, 0.3) is 0 Å². The maximum Gasteiger partial charge on any atom is 0.260 e. The Morgan fingerprint density at radius 1 is 0.973 bits per heavy atom. The molecule has 5 rings (SSSR count). The third-order valence-corrected chi connectivity index (χ3v) is 7.93. The highest BCUT2D eigenvalue weighted by Gasteiger charge is 2.46. The first kappa shape index (κ1) is 25.2. The second-order valence-electron chi connectivity index (χ2n) is 10.3. The Morgan fingerprint density at radius 2 is 1.76 bits per heavy atom. The second kappa shape index (κ2) is 11.3. The van der Waals surface area contributed by atoms with Crippen LogP contribution in [-0.2, 0) is 27.3 Å². The standard InChI is InChI=1S/C29H34FN3O4/c30-23-8-10-24(11-9-23)37-19-27(34)33-14-5-1-4-13-31-28(35)25-16-22(17-26(25)33)29(36)32-15-12-20-6-2-3-7-21(20)18-32/h2-3,6-11,22,25-26H,1,4-5,12-19H2,(H,31,35).